The Morgan fingerprint density at radius 3 is 2.64 bits per heavy atom. The van der Waals surface area contributed by atoms with E-state index in [0.29, 0.717) is 24.9 Å². The van der Waals surface area contributed by atoms with E-state index in [4.69, 9.17) is 9.84 Å². The fraction of sp³-hybridized carbons (Fsp3) is 0.292. The van der Waals surface area contributed by atoms with E-state index in [1.807, 2.05) is 0 Å². The van der Waals surface area contributed by atoms with E-state index in [2.05, 4.69) is 5.32 Å². The number of carbonyl (C=O) groups is 1. The van der Waals surface area contributed by atoms with Gasteiger partial charge in [-0.3, -0.25) is 4.79 Å². The maximum atomic E-state index is 14.5. The summed E-state index contributed by atoms with van der Waals surface area (Å²) < 4.78 is 48.1. The molecule has 9 heteroatoms. The van der Waals surface area contributed by atoms with E-state index in [1.165, 1.54) is 36.5 Å². The average molecular weight is 475 g/mol. The van der Waals surface area contributed by atoms with Crippen molar-refractivity contribution in [2.75, 3.05) is 20.3 Å². The molecule has 0 bridgehead atoms. The molecule has 0 amide bonds. The highest BCUT2D eigenvalue weighted by Crippen LogP contribution is 2.30. The third kappa shape index (κ3) is 6.07. The summed E-state index contributed by atoms with van der Waals surface area (Å²) in [4.78, 5) is 11.9. The van der Waals surface area contributed by atoms with Crippen molar-refractivity contribution in [3.05, 3.63) is 72.2 Å². The van der Waals surface area contributed by atoms with Crippen LogP contribution < -0.4 is 10.1 Å². The zero-order valence-electron chi connectivity index (χ0n) is 18.3. The molecule has 33 heavy (non-hydrogen) atoms. The molecule has 176 valence electrons. The molecule has 0 fully saturated rings. The molecule has 0 unspecified atom stereocenters. The highest BCUT2D eigenvalue weighted by molar-refractivity contribution is 7.90. The number of nitrogens with one attached hydrogen (secondary N) is 1. The summed E-state index contributed by atoms with van der Waals surface area (Å²) in [5.41, 5.74) is 1.06. The Kier molecular flexibility index (Phi) is 8.37. The molecular weight excluding hydrogens is 447 g/mol. The number of aliphatic hydroxyl groups excluding tert-OH is 1. The molecule has 2 aromatic carbocycles. The van der Waals surface area contributed by atoms with Gasteiger partial charge < -0.3 is 15.2 Å². The minimum Gasteiger partial charge on any atom is -0.486 e. The molecule has 3 aromatic rings. The number of benzene rings is 2. The standard InChI is InChI=1S/C24H27FN2O5S/c1-26-15-18-13-24(22-10-2-3-11-23(22)25)27(16-18)33(30,31)21-9-6-8-20(14-21)32-17-19(29)7-4-5-12-28/h2-3,6,8-11,13-14,16,26,28H,4-5,7,12,15,17H2,1H3. The number of unbranched alkanes of at least 4 members (excludes halogenated alkanes) is 1. The summed E-state index contributed by atoms with van der Waals surface area (Å²) in [7, 11) is -2.34. The number of ketones is 1. The molecule has 0 aliphatic rings. The van der Waals surface area contributed by atoms with Crippen LogP contribution in [0, 0.1) is 5.82 Å². The molecule has 0 saturated heterocycles. The number of nitrogens with zero attached hydrogens (tertiary/aromatic N) is 1. The van der Waals surface area contributed by atoms with Crippen molar-refractivity contribution in [1.82, 2.24) is 9.29 Å². The maximum absolute atomic E-state index is 14.5. The molecule has 0 aliphatic carbocycles. The minimum absolute atomic E-state index is 0.0261. The smallest absolute Gasteiger partial charge is 0.268 e. The predicted molar refractivity (Wildman–Crippen MR) is 123 cm³/mol. The lowest BCUT2D eigenvalue weighted by atomic mass is 10.1. The lowest BCUT2D eigenvalue weighted by Gasteiger charge is -2.12. The fourth-order valence-corrected chi connectivity index (χ4v) is 4.80. The zero-order chi connectivity index (χ0) is 23.8. The van der Waals surface area contributed by atoms with Gasteiger partial charge in [-0.25, -0.2) is 16.8 Å². The van der Waals surface area contributed by atoms with Gasteiger partial charge in [-0.15, -0.1) is 0 Å². The predicted octanol–water partition coefficient (Wildman–Crippen LogP) is 3.36. The van der Waals surface area contributed by atoms with E-state index < -0.39 is 15.8 Å². The van der Waals surface area contributed by atoms with Crippen LogP contribution in [-0.4, -0.2) is 43.5 Å². The van der Waals surface area contributed by atoms with Gasteiger partial charge >= 0.3 is 0 Å². The van der Waals surface area contributed by atoms with Crippen molar-refractivity contribution >= 4 is 15.8 Å². The first-order chi connectivity index (χ1) is 15.9. The fourth-order valence-electron chi connectivity index (χ4n) is 3.37. The second kappa shape index (κ2) is 11.2. The molecule has 0 radical (unpaired) electrons. The lowest BCUT2D eigenvalue weighted by molar-refractivity contribution is -0.121. The van der Waals surface area contributed by atoms with Crippen LogP contribution in [0.4, 0.5) is 4.39 Å². The second-order valence-corrected chi connectivity index (χ2v) is 9.34. The molecule has 7 nitrogen and oxygen atoms in total. The summed E-state index contributed by atoms with van der Waals surface area (Å²) in [6, 6.07) is 13.5. The number of rotatable bonds is 12. The van der Waals surface area contributed by atoms with E-state index in [0.717, 1.165) is 3.97 Å². The zero-order valence-corrected chi connectivity index (χ0v) is 19.1. The Morgan fingerprint density at radius 1 is 1.12 bits per heavy atom. The number of aromatic nitrogens is 1. The molecular formula is C24H27FN2O5S. The van der Waals surface area contributed by atoms with Gasteiger partial charge in [0.05, 0.1) is 10.6 Å². The summed E-state index contributed by atoms with van der Waals surface area (Å²) in [6.07, 6.45) is 2.85. The van der Waals surface area contributed by atoms with E-state index in [1.54, 1.807) is 31.3 Å². The Bertz CT molecular complexity index is 1210. The second-order valence-electron chi connectivity index (χ2n) is 7.53. The number of hydrogen-bond acceptors (Lipinski definition) is 6. The van der Waals surface area contributed by atoms with Gasteiger partial charge in [-0.1, -0.05) is 18.2 Å². The summed E-state index contributed by atoms with van der Waals surface area (Å²) in [5.74, 6) is -0.429. The van der Waals surface area contributed by atoms with Gasteiger partial charge in [0.15, 0.2) is 5.78 Å². The highest BCUT2D eigenvalue weighted by atomic mass is 32.2. The van der Waals surface area contributed by atoms with Crippen LogP contribution in [0.1, 0.15) is 24.8 Å². The average Bonchev–Trinajstić information content (AvgIpc) is 3.23. The van der Waals surface area contributed by atoms with Crippen molar-refractivity contribution in [1.29, 1.82) is 0 Å². The SMILES string of the molecule is CNCc1cc(-c2ccccc2F)n(S(=O)(=O)c2cccc(OCC(=O)CCCCO)c2)c1. The molecule has 1 aromatic heterocycles. The van der Waals surface area contributed by atoms with Crippen LogP contribution in [0.15, 0.2) is 65.7 Å². The maximum Gasteiger partial charge on any atom is 0.268 e. The first kappa shape index (κ1) is 24.6. The third-order valence-corrected chi connectivity index (χ3v) is 6.67. The quantitative estimate of drug-likeness (QED) is 0.391. The largest absolute Gasteiger partial charge is 0.486 e. The van der Waals surface area contributed by atoms with Gasteiger partial charge in [-0.05, 0) is 55.8 Å². The van der Waals surface area contributed by atoms with Crippen molar-refractivity contribution in [3.8, 4) is 17.0 Å². The first-order valence-electron chi connectivity index (χ1n) is 10.6. The molecule has 3 rings (SSSR count). The van der Waals surface area contributed by atoms with Gasteiger partial charge in [0.1, 0.15) is 18.2 Å². The van der Waals surface area contributed by atoms with Crippen molar-refractivity contribution in [3.63, 3.8) is 0 Å². The van der Waals surface area contributed by atoms with Crippen LogP contribution >= 0.6 is 0 Å². The molecule has 0 spiro atoms. The third-order valence-electron chi connectivity index (χ3n) is 5.00. The Balaban J connectivity index is 1.91. The lowest BCUT2D eigenvalue weighted by Crippen LogP contribution is -2.15. The Morgan fingerprint density at radius 2 is 1.91 bits per heavy atom. The summed E-state index contributed by atoms with van der Waals surface area (Å²) in [6.45, 7) is 0.245. The number of halogens is 1. The molecule has 0 saturated carbocycles. The topological polar surface area (TPSA) is 97.6 Å². The number of aliphatic hydroxyl groups is 1. The van der Waals surface area contributed by atoms with Crippen LogP contribution in [0.5, 0.6) is 5.75 Å². The van der Waals surface area contributed by atoms with Crippen LogP contribution in [0.25, 0.3) is 11.3 Å². The molecule has 0 atom stereocenters. The molecule has 0 aliphatic heterocycles. The highest BCUT2D eigenvalue weighted by Gasteiger charge is 2.23. The number of carbonyl (C=O) groups excluding carboxylic acids is 1. The Hall–Kier alpha value is -3.01. The van der Waals surface area contributed by atoms with Gasteiger partial charge in [-0.2, -0.15) is 0 Å². The van der Waals surface area contributed by atoms with Crippen molar-refractivity contribution in [2.45, 2.75) is 30.7 Å². The van der Waals surface area contributed by atoms with Crippen LogP contribution in [-0.2, 0) is 21.4 Å². The number of hydrogen-bond donors (Lipinski definition) is 2. The van der Waals surface area contributed by atoms with Gasteiger partial charge in [0, 0.05) is 37.4 Å². The molecule has 2 N–H and O–H groups in total. The van der Waals surface area contributed by atoms with Crippen LogP contribution in [0.3, 0.4) is 0 Å². The number of ether oxygens (including phenoxy) is 1. The van der Waals surface area contributed by atoms with Crippen molar-refractivity contribution in [2.24, 2.45) is 0 Å². The minimum atomic E-state index is -4.08. The normalized spacial score (nSPS) is 11.5. The van der Waals surface area contributed by atoms with E-state index >= 15 is 0 Å². The number of Topliss-reactive ketones (excluding diaryl/α,β-unsaturated/α-hetero) is 1. The van der Waals surface area contributed by atoms with Crippen LogP contribution in [0.2, 0.25) is 0 Å². The van der Waals surface area contributed by atoms with Crippen molar-refractivity contribution < 1.29 is 27.4 Å². The summed E-state index contributed by atoms with van der Waals surface area (Å²) >= 11 is 0. The van der Waals surface area contributed by atoms with Gasteiger partial charge in [0.25, 0.3) is 10.0 Å². The van der Waals surface area contributed by atoms with E-state index in [9.17, 15) is 17.6 Å². The monoisotopic (exact) mass is 474 g/mol. The first-order valence-corrected chi connectivity index (χ1v) is 12.0. The van der Waals surface area contributed by atoms with E-state index in [-0.39, 0.29) is 47.3 Å². The van der Waals surface area contributed by atoms with Gasteiger partial charge in [0.2, 0.25) is 0 Å². The summed E-state index contributed by atoms with van der Waals surface area (Å²) in [5, 5.41) is 11.8. The molecule has 1 heterocycles. The Labute approximate surface area is 192 Å².